The first-order valence-corrected chi connectivity index (χ1v) is 9.40. The van der Waals surface area contributed by atoms with Gasteiger partial charge in [-0.25, -0.2) is 0 Å². The number of likely N-dealkylation sites (N-methyl/N-ethyl adjacent to an activating group) is 1. The molecule has 5 heteroatoms. The van der Waals surface area contributed by atoms with Crippen molar-refractivity contribution in [1.82, 2.24) is 9.80 Å². The molecule has 0 spiro atoms. The lowest BCUT2D eigenvalue weighted by molar-refractivity contribution is -0.129. The Morgan fingerprint density at radius 1 is 1.07 bits per heavy atom. The van der Waals surface area contributed by atoms with Crippen LogP contribution in [0, 0.1) is 6.92 Å². The minimum atomic E-state index is 0.162. The number of likely N-dealkylation sites (tertiary alicyclic amines) is 1. The standard InChI is InChI=1S/C22H26N2O3/c1-15-4-7-17(8-5-15)18-12-24(13-19(18)23(2)3)22(25)11-16-6-9-20-21(10-16)27-14-26-20/h4-10,18-19H,11-14H2,1-3H3. The van der Waals surface area contributed by atoms with Crippen LogP contribution in [0.3, 0.4) is 0 Å². The van der Waals surface area contributed by atoms with Crippen molar-refractivity contribution in [2.45, 2.75) is 25.3 Å². The van der Waals surface area contributed by atoms with E-state index in [9.17, 15) is 4.79 Å². The van der Waals surface area contributed by atoms with Gasteiger partial charge in [-0.05, 0) is 44.3 Å². The van der Waals surface area contributed by atoms with Crippen LogP contribution in [0.15, 0.2) is 42.5 Å². The number of rotatable bonds is 4. The maximum atomic E-state index is 12.9. The smallest absolute Gasteiger partial charge is 0.231 e. The third kappa shape index (κ3) is 3.65. The highest BCUT2D eigenvalue weighted by Gasteiger charge is 2.37. The summed E-state index contributed by atoms with van der Waals surface area (Å²) in [7, 11) is 4.19. The van der Waals surface area contributed by atoms with Crippen LogP contribution in [0.25, 0.3) is 0 Å². The van der Waals surface area contributed by atoms with E-state index in [1.54, 1.807) is 0 Å². The summed E-state index contributed by atoms with van der Waals surface area (Å²) in [6, 6.07) is 14.8. The van der Waals surface area contributed by atoms with E-state index in [1.165, 1.54) is 11.1 Å². The number of hydrogen-bond acceptors (Lipinski definition) is 4. The van der Waals surface area contributed by atoms with Crippen molar-refractivity contribution in [3.63, 3.8) is 0 Å². The molecule has 4 rings (SSSR count). The summed E-state index contributed by atoms with van der Waals surface area (Å²) in [6.07, 6.45) is 0.386. The second-order valence-electron chi connectivity index (χ2n) is 7.71. The summed E-state index contributed by atoms with van der Waals surface area (Å²) >= 11 is 0. The number of carbonyl (C=O) groups excluding carboxylic acids is 1. The maximum Gasteiger partial charge on any atom is 0.231 e. The van der Waals surface area contributed by atoms with Gasteiger partial charge in [0.2, 0.25) is 12.7 Å². The van der Waals surface area contributed by atoms with Gasteiger partial charge in [0, 0.05) is 25.0 Å². The van der Waals surface area contributed by atoms with E-state index in [2.05, 4.69) is 50.2 Å². The van der Waals surface area contributed by atoms with Crippen molar-refractivity contribution in [2.75, 3.05) is 34.0 Å². The molecule has 0 aliphatic carbocycles. The molecule has 2 heterocycles. The van der Waals surface area contributed by atoms with Crippen LogP contribution >= 0.6 is 0 Å². The predicted octanol–water partition coefficient (Wildman–Crippen LogP) is 2.82. The Morgan fingerprint density at radius 2 is 1.81 bits per heavy atom. The molecule has 142 valence electrons. The van der Waals surface area contributed by atoms with E-state index in [0.717, 1.165) is 30.2 Å². The summed E-state index contributed by atoms with van der Waals surface area (Å²) in [6.45, 7) is 3.87. The van der Waals surface area contributed by atoms with Gasteiger partial charge < -0.3 is 19.3 Å². The predicted molar refractivity (Wildman–Crippen MR) is 104 cm³/mol. The van der Waals surface area contributed by atoms with Gasteiger partial charge in [-0.3, -0.25) is 4.79 Å². The van der Waals surface area contributed by atoms with Crippen LogP contribution in [0.1, 0.15) is 22.6 Å². The fourth-order valence-corrected chi connectivity index (χ4v) is 3.99. The highest BCUT2D eigenvalue weighted by molar-refractivity contribution is 5.79. The molecule has 1 amide bonds. The van der Waals surface area contributed by atoms with Crippen LogP contribution < -0.4 is 9.47 Å². The molecule has 1 fully saturated rings. The molecular weight excluding hydrogens is 340 g/mol. The number of hydrogen-bond donors (Lipinski definition) is 0. The second-order valence-corrected chi connectivity index (χ2v) is 7.71. The molecule has 2 aromatic carbocycles. The molecule has 2 aromatic rings. The lowest BCUT2D eigenvalue weighted by Gasteiger charge is -2.25. The van der Waals surface area contributed by atoms with Crippen molar-refractivity contribution >= 4 is 5.91 Å². The van der Waals surface area contributed by atoms with E-state index in [4.69, 9.17) is 9.47 Å². The number of aryl methyl sites for hydroxylation is 1. The van der Waals surface area contributed by atoms with Crippen LogP contribution in [0.2, 0.25) is 0 Å². The molecule has 2 atom stereocenters. The lowest BCUT2D eigenvalue weighted by atomic mass is 9.93. The molecule has 2 unspecified atom stereocenters. The molecule has 2 aliphatic heterocycles. The SMILES string of the molecule is Cc1ccc(C2CN(C(=O)Cc3ccc4c(c3)OCO4)CC2N(C)C)cc1. The molecule has 1 saturated heterocycles. The van der Waals surface area contributed by atoms with Gasteiger partial charge in [0.25, 0.3) is 0 Å². The monoisotopic (exact) mass is 366 g/mol. The van der Waals surface area contributed by atoms with E-state index >= 15 is 0 Å². The number of nitrogens with zero attached hydrogens (tertiary/aromatic N) is 2. The van der Waals surface area contributed by atoms with Crippen LogP contribution in [-0.2, 0) is 11.2 Å². The second kappa shape index (κ2) is 7.24. The topological polar surface area (TPSA) is 42.0 Å². The Balaban J connectivity index is 1.48. The van der Waals surface area contributed by atoms with Gasteiger partial charge >= 0.3 is 0 Å². The van der Waals surface area contributed by atoms with Crippen LogP contribution in [0.4, 0.5) is 0 Å². The third-order valence-electron chi connectivity index (χ3n) is 5.60. The largest absolute Gasteiger partial charge is 0.454 e. The third-order valence-corrected chi connectivity index (χ3v) is 5.60. The normalized spacial score (nSPS) is 21.1. The number of ether oxygens (including phenoxy) is 2. The Kier molecular flexibility index (Phi) is 4.79. The van der Waals surface area contributed by atoms with Crippen molar-refractivity contribution in [1.29, 1.82) is 0 Å². The number of benzene rings is 2. The minimum absolute atomic E-state index is 0.162. The first kappa shape index (κ1) is 17.9. The first-order chi connectivity index (χ1) is 13.0. The molecule has 0 bridgehead atoms. The molecule has 27 heavy (non-hydrogen) atoms. The Labute approximate surface area is 160 Å². The van der Waals surface area contributed by atoms with Crippen molar-refractivity contribution in [3.8, 4) is 11.5 Å². The number of carbonyl (C=O) groups is 1. The van der Waals surface area contributed by atoms with E-state index in [-0.39, 0.29) is 12.7 Å². The molecule has 2 aliphatic rings. The average molecular weight is 366 g/mol. The molecule has 5 nitrogen and oxygen atoms in total. The molecule has 0 saturated carbocycles. The average Bonchev–Trinajstić information content (AvgIpc) is 3.29. The van der Waals surface area contributed by atoms with Crippen LogP contribution in [0.5, 0.6) is 11.5 Å². The quantitative estimate of drug-likeness (QED) is 0.835. The number of fused-ring (bicyclic) bond motifs is 1. The molecule has 0 aromatic heterocycles. The Hall–Kier alpha value is -2.53. The summed E-state index contributed by atoms with van der Waals surface area (Å²) in [4.78, 5) is 17.2. The van der Waals surface area contributed by atoms with Crippen molar-refractivity contribution in [2.24, 2.45) is 0 Å². The highest BCUT2D eigenvalue weighted by Crippen LogP contribution is 2.34. The van der Waals surface area contributed by atoms with Crippen molar-refractivity contribution < 1.29 is 14.3 Å². The van der Waals surface area contributed by atoms with E-state index < -0.39 is 0 Å². The van der Waals surface area contributed by atoms with E-state index in [1.807, 2.05) is 23.1 Å². The summed E-state index contributed by atoms with van der Waals surface area (Å²) < 4.78 is 10.8. The van der Waals surface area contributed by atoms with Gasteiger partial charge in [-0.2, -0.15) is 0 Å². The Bertz CT molecular complexity index is 832. The zero-order valence-corrected chi connectivity index (χ0v) is 16.1. The molecular formula is C22H26N2O3. The fraction of sp³-hybridized carbons (Fsp3) is 0.409. The van der Waals surface area contributed by atoms with Gasteiger partial charge in [0.1, 0.15) is 0 Å². The zero-order chi connectivity index (χ0) is 19.0. The van der Waals surface area contributed by atoms with Gasteiger partial charge in [0.15, 0.2) is 11.5 Å². The zero-order valence-electron chi connectivity index (χ0n) is 16.1. The number of amides is 1. The fourth-order valence-electron chi connectivity index (χ4n) is 3.99. The summed E-state index contributed by atoms with van der Waals surface area (Å²) in [5, 5.41) is 0. The molecule has 0 N–H and O–H groups in total. The van der Waals surface area contributed by atoms with Crippen molar-refractivity contribution in [3.05, 3.63) is 59.2 Å². The minimum Gasteiger partial charge on any atom is -0.454 e. The van der Waals surface area contributed by atoms with Gasteiger partial charge in [-0.1, -0.05) is 35.9 Å². The first-order valence-electron chi connectivity index (χ1n) is 9.40. The lowest BCUT2D eigenvalue weighted by Crippen LogP contribution is -2.36. The summed E-state index contributed by atoms with van der Waals surface area (Å²) in [5.74, 6) is 1.97. The maximum absolute atomic E-state index is 12.9. The van der Waals surface area contributed by atoms with Crippen LogP contribution in [-0.4, -0.2) is 55.7 Å². The molecule has 0 radical (unpaired) electrons. The van der Waals surface area contributed by atoms with Gasteiger partial charge in [-0.15, -0.1) is 0 Å². The van der Waals surface area contributed by atoms with Gasteiger partial charge in [0.05, 0.1) is 6.42 Å². The Morgan fingerprint density at radius 3 is 2.56 bits per heavy atom. The highest BCUT2D eigenvalue weighted by atomic mass is 16.7. The summed E-state index contributed by atoms with van der Waals surface area (Å²) in [5.41, 5.74) is 3.52. The van der Waals surface area contributed by atoms with E-state index in [0.29, 0.717) is 18.4 Å².